The molecule has 0 bridgehead atoms. The van der Waals surface area contributed by atoms with Crippen LogP contribution in [0.3, 0.4) is 0 Å². The molecule has 0 saturated heterocycles. The quantitative estimate of drug-likeness (QED) is 0.851. The molecule has 2 unspecified atom stereocenters. The minimum atomic E-state index is -4.84. The fourth-order valence-electron chi connectivity index (χ4n) is 2.20. The monoisotopic (exact) mass is 287 g/mol. The molecule has 6 heteroatoms. The SMILES string of the molecule is CC(N)(C(=O)OC1CCCc2ccccc21)C(F)(F)F. The van der Waals surface area contributed by atoms with Crippen molar-refractivity contribution in [3.63, 3.8) is 0 Å². The fourth-order valence-corrected chi connectivity index (χ4v) is 2.20. The molecule has 2 rings (SSSR count). The van der Waals surface area contributed by atoms with Gasteiger partial charge in [0.2, 0.25) is 5.54 Å². The zero-order valence-corrected chi connectivity index (χ0v) is 11.0. The Kier molecular flexibility index (Phi) is 3.77. The van der Waals surface area contributed by atoms with Gasteiger partial charge in [0.15, 0.2) is 0 Å². The van der Waals surface area contributed by atoms with Crippen LogP contribution in [0.2, 0.25) is 0 Å². The minimum absolute atomic E-state index is 0.511. The second kappa shape index (κ2) is 5.09. The van der Waals surface area contributed by atoms with Crippen LogP contribution in [0.4, 0.5) is 13.2 Å². The molecular weight excluding hydrogens is 271 g/mol. The summed E-state index contributed by atoms with van der Waals surface area (Å²) in [5, 5.41) is 0. The van der Waals surface area contributed by atoms with Crippen molar-refractivity contribution < 1.29 is 22.7 Å². The molecule has 0 saturated carbocycles. The molecule has 20 heavy (non-hydrogen) atoms. The van der Waals surface area contributed by atoms with Gasteiger partial charge in [0.1, 0.15) is 6.10 Å². The maximum atomic E-state index is 12.7. The number of hydrogen-bond donors (Lipinski definition) is 1. The van der Waals surface area contributed by atoms with Crippen molar-refractivity contribution >= 4 is 5.97 Å². The number of fused-ring (bicyclic) bond motifs is 1. The summed E-state index contributed by atoms with van der Waals surface area (Å²) in [5.41, 5.74) is 3.86. The Morgan fingerprint density at radius 2 is 2.00 bits per heavy atom. The Hall–Kier alpha value is -1.56. The summed E-state index contributed by atoms with van der Waals surface area (Å²) in [6, 6.07) is 7.29. The molecule has 1 aliphatic carbocycles. The molecule has 1 aromatic rings. The average Bonchev–Trinajstić information content (AvgIpc) is 2.37. The number of alkyl halides is 3. The predicted molar refractivity (Wildman–Crippen MR) is 66.9 cm³/mol. The second-order valence-electron chi connectivity index (χ2n) is 5.19. The van der Waals surface area contributed by atoms with Gasteiger partial charge in [-0.1, -0.05) is 24.3 Å². The molecule has 0 heterocycles. The van der Waals surface area contributed by atoms with Crippen molar-refractivity contribution in [2.45, 2.75) is 44.0 Å². The highest BCUT2D eigenvalue weighted by Crippen LogP contribution is 2.35. The maximum absolute atomic E-state index is 12.7. The molecular formula is C14H16F3NO2. The van der Waals surface area contributed by atoms with E-state index in [9.17, 15) is 18.0 Å². The number of nitrogens with two attached hydrogens (primary N) is 1. The van der Waals surface area contributed by atoms with Crippen molar-refractivity contribution in [3.05, 3.63) is 35.4 Å². The lowest BCUT2D eigenvalue weighted by Gasteiger charge is -2.30. The van der Waals surface area contributed by atoms with Gasteiger partial charge < -0.3 is 10.5 Å². The largest absolute Gasteiger partial charge is 0.456 e. The minimum Gasteiger partial charge on any atom is -0.456 e. The molecule has 1 aliphatic rings. The topological polar surface area (TPSA) is 52.3 Å². The highest BCUT2D eigenvalue weighted by Gasteiger charge is 2.55. The van der Waals surface area contributed by atoms with E-state index in [1.807, 2.05) is 12.1 Å². The van der Waals surface area contributed by atoms with Crippen LogP contribution in [-0.4, -0.2) is 17.7 Å². The van der Waals surface area contributed by atoms with Crippen LogP contribution >= 0.6 is 0 Å². The Labute approximate surface area is 114 Å². The van der Waals surface area contributed by atoms with Crippen molar-refractivity contribution in [1.29, 1.82) is 0 Å². The van der Waals surface area contributed by atoms with E-state index in [0.29, 0.717) is 13.3 Å². The van der Waals surface area contributed by atoms with E-state index in [4.69, 9.17) is 10.5 Å². The number of carbonyl (C=O) groups excluding carboxylic acids is 1. The molecule has 2 atom stereocenters. The number of ether oxygens (including phenoxy) is 1. The van der Waals surface area contributed by atoms with Crippen molar-refractivity contribution in [2.24, 2.45) is 5.73 Å². The molecule has 3 nitrogen and oxygen atoms in total. The fraction of sp³-hybridized carbons (Fsp3) is 0.500. The van der Waals surface area contributed by atoms with E-state index in [0.717, 1.165) is 24.0 Å². The number of hydrogen-bond acceptors (Lipinski definition) is 3. The van der Waals surface area contributed by atoms with Crippen LogP contribution in [0.1, 0.15) is 37.0 Å². The number of carbonyl (C=O) groups is 1. The standard InChI is InChI=1S/C14H16F3NO2/c1-13(18,14(15,16)17)12(19)20-11-8-4-6-9-5-2-3-7-10(9)11/h2-3,5,7,11H,4,6,8,18H2,1H3. The zero-order chi connectivity index (χ0) is 15.0. The van der Waals surface area contributed by atoms with E-state index in [-0.39, 0.29) is 0 Å². The van der Waals surface area contributed by atoms with E-state index in [1.54, 1.807) is 12.1 Å². The van der Waals surface area contributed by atoms with Gasteiger partial charge in [0.05, 0.1) is 0 Å². The molecule has 0 amide bonds. The summed E-state index contributed by atoms with van der Waals surface area (Å²) in [6.07, 6.45) is -3.38. The van der Waals surface area contributed by atoms with E-state index < -0.39 is 23.8 Å². The molecule has 0 spiro atoms. The normalized spacial score (nSPS) is 21.8. The van der Waals surface area contributed by atoms with Gasteiger partial charge in [-0.15, -0.1) is 0 Å². The smallest absolute Gasteiger partial charge is 0.416 e. The first-order valence-electron chi connectivity index (χ1n) is 6.38. The summed E-state index contributed by atoms with van der Waals surface area (Å²) in [4.78, 5) is 11.7. The highest BCUT2D eigenvalue weighted by molar-refractivity contribution is 5.81. The first-order valence-corrected chi connectivity index (χ1v) is 6.38. The Morgan fingerprint density at radius 1 is 1.35 bits per heavy atom. The van der Waals surface area contributed by atoms with Crippen LogP contribution < -0.4 is 5.73 Å². The third kappa shape index (κ3) is 2.65. The van der Waals surface area contributed by atoms with Crippen LogP contribution in [0.15, 0.2) is 24.3 Å². The summed E-state index contributed by atoms with van der Waals surface area (Å²) in [6.45, 7) is 0.629. The van der Waals surface area contributed by atoms with Gasteiger partial charge >= 0.3 is 12.1 Å². The molecule has 1 aromatic carbocycles. The van der Waals surface area contributed by atoms with Crippen molar-refractivity contribution in [1.82, 2.24) is 0 Å². The Balaban J connectivity index is 2.18. The number of rotatable bonds is 2. The predicted octanol–water partition coefficient (Wildman–Crippen LogP) is 2.89. The van der Waals surface area contributed by atoms with Gasteiger partial charge in [-0.2, -0.15) is 13.2 Å². The van der Waals surface area contributed by atoms with Crippen molar-refractivity contribution in [3.8, 4) is 0 Å². The number of aryl methyl sites for hydroxylation is 1. The van der Waals surface area contributed by atoms with E-state index in [1.165, 1.54) is 0 Å². The number of benzene rings is 1. The average molecular weight is 287 g/mol. The molecule has 0 aromatic heterocycles. The van der Waals surface area contributed by atoms with Gasteiger partial charge in [-0.25, -0.2) is 4.79 Å². The number of halogens is 3. The van der Waals surface area contributed by atoms with Gasteiger partial charge in [-0.3, -0.25) is 0 Å². The third-order valence-corrected chi connectivity index (χ3v) is 3.58. The molecule has 2 N–H and O–H groups in total. The summed E-state index contributed by atoms with van der Waals surface area (Å²) in [7, 11) is 0. The summed E-state index contributed by atoms with van der Waals surface area (Å²) in [5.74, 6) is -1.44. The van der Waals surface area contributed by atoms with Crippen molar-refractivity contribution in [2.75, 3.05) is 0 Å². The third-order valence-electron chi connectivity index (χ3n) is 3.58. The van der Waals surface area contributed by atoms with Crippen LogP contribution in [0, 0.1) is 0 Å². The Bertz CT molecular complexity index is 511. The maximum Gasteiger partial charge on any atom is 0.416 e. The van der Waals surface area contributed by atoms with E-state index >= 15 is 0 Å². The highest BCUT2D eigenvalue weighted by atomic mass is 19.4. The molecule has 0 aliphatic heterocycles. The second-order valence-corrected chi connectivity index (χ2v) is 5.19. The number of esters is 1. The first kappa shape index (κ1) is 14.8. The van der Waals surface area contributed by atoms with Crippen LogP contribution in [-0.2, 0) is 16.0 Å². The van der Waals surface area contributed by atoms with Gasteiger partial charge in [0.25, 0.3) is 0 Å². The van der Waals surface area contributed by atoms with Crippen LogP contribution in [0.5, 0.6) is 0 Å². The molecule has 0 radical (unpaired) electrons. The molecule has 110 valence electrons. The lowest BCUT2D eigenvalue weighted by molar-refractivity contribution is -0.205. The Morgan fingerprint density at radius 3 is 2.65 bits per heavy atom. The van der Waals surface area contributed by atoms with Gasteiger partial charge in [-0.05, 0) is 37.3 Å². The first-order chi connectivity index (χ1) is 9.23. The lowest BCUT2D eigenvalue weighted by atomic mass is 9.89. The zero-order valence-electron chi connectivity index (χ0n) is 11.0. The summed E-state index contributed by atoms with van der Waals surface area (Å²) >= 11 is 0. The van der Waals surface area contributed by atoms with Gasteiger partial charge in [0, 0.05) is 0 Å². The lowest BCUT2D eigenvalue weighted by Crippen LogP contribution is -2.58. The molecule has 0 fully saturated rings. The van der Waals surface area contributed by atoms with Crippen LogP contribution in [0.25, 0.3) is 0 Å². The summed E-state index contributed by atoms with van der Waals surface area (Å²) < 4.78 is 43.1. The van der Waals surface area contributed by atoms with E-state index in [2.05, 4.69) is 0 Å².